The molecule has 0 unspecified atom stereocenters. The number of rotatable bonds is 1. The highest BCUT2D eigenvalue weighted by molar-refractivity contribution is 5.32. The predicted octanol–water partition coefficient (Wildman–Crippen LogP) is 3.76. The van der Waals surface area contributed by atoms with Gasteiger partial charge in [-0.15, -0.1) is 0 Å². The highest BCUT2D eigenvalue weighted by Gasteiger charge is 2.21. The smallest absolute Gasteiger partial charge is 0.0136 e. The van der Waals surface area contributed by atoms with Crippen molar-refractivity contribution in [2.24, 2.45) is 5.92 Å². The van der Waals surface area contributed by atoms with Gasteiger partial charge in [-0.1, -0.05) is 38.1 Å². The van der Waals surface area contributed by atoms with Crippen LogP contribution >= 0.6 is 0 Å². The van der Waals surface area contributed by atoms with E-state index in [4.69, 9.17) is 0 Å². The van der Waals surface area contributed by atoms with Crippen molar-refractivity contribution >= 4 is 0 Å². The second kappa shape index (κ2) is 3.53. The molecule has 70 valence electrons. The van der Waals surface area contributed by atoms with Gasteiger partial charge in [0.25, 0.3) is 0 Å². The molecule has 0 aromatic heterocycles. The van der Waals surface area contributed by atoms with Crippen LogP contribution in [0.25, 0.3) is 0 Å². The number of aryl methyl sites for hydroxylation is 1. The van der Waals surface area contributed by atoms with E-state index in [9.17, 15) is 0 Å². The first kappa shape index (κ1) is 8.80. The van der Waals surface area contributed by atoms with Gasteiger partial charge in [0.15, 0.2) is 0 Å². The Labute approximate surface area is 81.0 Å². The van der Waals surface area contributed by atoms with E-state index in [-0.39, 0.29) is 0 Å². The maximum atomic E-state index is 2.34. The third-order valence-corrected chi connectivity index (χ3v) is 3.22. The lowest BCUT2D eigenvalue weighted by atomic mass is 9.77. The van der Waals surface area contributed by atoms with Crippen LogP contribution in [0.5, 0.6) is 0 Å². The maximum absolute atomic E-state index is 2.34. The van der Waals surface area contributed by atoms with Gasteiger partial charge >= 0.3 is 0 Å². The molecule has 2 rings (SSSR count). The number of fused-ring (bicyclic) bond motifs is 1. The molecule has 1 atom stereocenters. The molecule has 13 heavy (non-hydrogen) atoms. The molecule has 0 radical (unpaired) electrons. The van der Waals surface area contributed by atoms with Crippen LogP contribution in [0.15, 0.2) is 24.3 Å². The first-order chi connectivity index (χ1) is 6.29. The second-order valence-corrected chi connectivity index (χ2v) is 4.44. The molecule has 0 heteroatoms. The van der Waals surface area contributed by atoms with E-state index in [1.54, 1.807) is 11.1 Å². The Morgan fingerprint density at radius 1 is 1.23 bits per heavy atom. The molecule has 0 amide bonds. The molecule has 0 spiro atoms. The number of hydrogen-bond donors (Lipinski definition) is 0. The highest BCUT2D eigenvalue weighted by Crippen LogP contribution is 2.36. The Kier molecular flexibility index (Phi) is 2.39. The van der Waals surface area contributed by atoms with Crippen LogP contribution in [-0.4, -0.2) is 0 Å². The van der Waals surface area contributed by atoms with E-state index in [0.29, 0.717) is 0 Å². The van der Waals surface area contributed by atoms with E-state index >= 15 is 0 Å². The Bertz CT molecular complexity index is 286. The summed E-state index contributed by atoms with van der Waals surface area (Å²) in [6.07, 6.45) is 4.05. The molecule has 0 nitrogen and oxygen atoms in total. The van der Waals surface area contributed by atoms with Crippen LogP contribution in [0.1, 0.15) is 43.7 Å². The predicted molar refractivity (Wildman–Crippen MR) is 57.0 cm³/mol. The summed E-state index contributed by atoms with van der Waals surface area (Å²) in [5.74, 6) is 1.60. The van der Waals surface area contributed by atoms with Crippen molar-refractivity contribution in [1.29, 1.82) is 0 Å². The fourth-order valence-electron chi connectivity index (χ4n) is 2.48. The standard InChI is InChI=1S/C13H18/c1-10(2)12-9-5-7-11-6-3-4-8-13(11)12/h3-4,6,8,10,12H,5,7,9H2,1-2H3/t12-/m0/s1. The normalized spacial score (nSPS) is 21.6. The molecule has 0 saturated carbocycles. The average Bonchev–Trinajstić information content (AvgIpc) is 2.17. The molecular formula is C13H18. The molecule has 1 aliphatic carbocycles. The quantitative estimate of drug-likeness (QED) is 0.608. The van der Waals surface area contributed by atoms with Crippen molar-refractivity contribution < 1.29 is 0 Å². The summed E-state index contributed by atoms with van der Waals surface area (Å²) in [6, 6.07) is 8.96. The fraction of sp³-hybridized carbons (Fsp3) is 0.538. The van der Waals surface area contributed by atoms with Gasteiger partial charge in [-0.2, -0.15) is 0 Å². The van der Waals surface area contributed by atoms with Gasteiger partial charge in [-0.25, -0.2) is 0 Å². The van der Waals surface area contributed by atoms with E-state index in [1.165, 1.54) is 19.3 Å². The Balaban J connectivity index is 2.37. The van der Waals surface area contributed by atoms with Crippen LogP contribution in [0.3, 0.4) is 0 Å². The molecule has 0 bridgehead atoms. The number of hydrogen-bond acceptors (Lipinski definition) is 0. The molecule has 0 aliphatic heterocycles. The van der Waals surface area contributed by atoms with E-state index in [0.717, 1.165) is 11.8 Å². The molecule has 1 aromatic carbocycles. The lowest BCUT2D eigenvalue weighted by Crippen LogP contribution is -2.14. The Morgan fingerprint density at radius 3 is 2.77 bits per heavy atom. The highest BCUT2D eigenvalue weighted by atomic mass is 14.3. The summed E-state index contributed by atoms with van der Waals surface area (Å²) in [5.41, 5.74) is 3.20. The molecule has 1 aliphatic rings. The van der Waals surface area contributed by atoms with Gasteiger partial charge in [0.2, 0.25) is 0 Å². The summed E-state index contributed by atoms with van der Waals surface area (Å²) in [4.78, 5) is 0. The molecule has 0 fully saturated rings. The van der Waals surface area contributed by atoms with Crippen molar-refractivity contribution in [2.45, 2.75) is 39.0 Å². The van der Waals surface area contributed by atoms with Crippen LogP contribution in [-0.2, 0) is 6.42 Å². The van der Waals surface area contributed by atoms with Crippen molar-refractivity contribution in [3.8, 4) is 0 Å². The lowest BCUT2D eigenvalue weighted by Gasteiger charge is -2.28. The molecule has 0 saturated heterocycles. The average molecular weight is 174 g/mol. The van der Waals surface area contributed by atoms with Crippen molar-refractivity contribution in [2.75, 3.05) is 0 Å². The van der Waals surface area contributed by atoms with Crippen molar-refractivity contribution in [1.82, 2.24) is 0 Å². The molecule has 0 N–H and O–H groups in total. The zero-order valence-electron chi connectivity index (χ0n) is 8.59. The monoisotopic (exact) mass is 174 g/mol. The lowest BCUT2D eigenvalue weighted by molar-refractivity contribution is 0.433. The van der Waals surface area contributed by atoms with Gasteiger partial charge in [0.1, 0.15) is 0 Å². The molecule has 1 aromatic rings. The van der Waals surface area contributed by atoms with Gasteiger partial charge < -0.3 is 0 Å². The summed E-state index contributed by atoms with van der Waals surface area (Å²) in [5, 5.41) is 0. The third-order valence-electron chi connectivity index (χ3n) is 3.22. The SMILES string of the molecule is CC(C)[C@@H]1CCCc2ccccc21. The second-order valence-electron chi connectivity index (χ2n) is 4.44. The van der Waals surface area contributed by atoms with Gasteiger partial charge in [-0.05, 0) is 42.2 Å². The maximum Gasteiger partial charge on any atom is -0.0136 e. The first-order valence-corrected chi connectivity index (χ1v) is 5.37. The van der Waals surface area contributed by atoms with Crippen LogP contribution in [0.2, 0.25) is 0 Å². The zero-order chi connectivity index (χ0) is 9.26. The summed E-state index contributed by atoms with van der Waals surface area (Å²) in [6.45, 7) is 4.68. The number of benzene rings is 1. The summed E-state index contributed by atoms with van der Waals surface area (Å²) in [7, 11) is 0. The minimum atomic E-state index is 0.793. The minimum Gasteiger partial charge on any atom is -0.0622 e. The van der Waals surface area contributed by atoms with Crippen LogP contribution in [0.4, 0.5) is 0 Å². The van der Waals surface area contributed by atoms with Crippen LogP contribution in [0, 0.1) is 5.92 Å². The minimum absolute atomic E-state index is 0.793. The zero-order valence-corrected chi connectivity index (χ0v) is 8.59. The topological polar surface area (TPSA) is 0 Å². The fourth-order valence-corrected chi connectivity index (χ4v) is 2.48. The first-order valence-electron chi connectivity index (χ1n) is 5.37. The summed E-state index contributed by atoms with van der Waals surface area (Å²) < 4.78 is 0. The Morgan fingerprint density at radius 2 is 2.00 bits per heavy atom. The van der Waals surface area contributed by atoms with Crippen LogP contribution < -0.4 is 0 Å². The van der Waals surface area contributed by atoms with Crippen molar-refractivity contribution in [3.63, 3.8) is 0 Å². The van der Waals surface area contributed by atoms with E-state index in [1.807, 2.05) is 0 Å². The third kappa shape index (κ3) is 1.63. The van der Waals surface area contributed by atoms with Crippen molar-refractivity contribution in [3.05, 3.63) is 35.4 Å². The van der Waals surface area contributed by atoms with E-state index in [2.05, 4.69) is 38.1 Å². The van der Waals surface area contributed by atoms with Gasteiger partial charge in [0.05, 0.1) is 0 Å². The largest absolute Gasteiger partial charge is 0.0622 e. The van der Waals surface area contributed by atoms with Gasteiger partial charge in [0, 0.05) is 0 Å². The molecule has 0 heterocycles. The summed E-state index contributed by atoms with van der Waals surface area (Å²) >= 11 is 0. The molecular weight excluding hydrogens is 156 g/mol. The van der Waals surface area contributed by atoms with Gasteiger partial charge in [-0.3, -0.25) is 0 Å². The van der Waals surface area contributed by atoms with E-state index < -0.39 is 0 Å². The Hall–Kier alpha value is -0.780.